The molecule has 2 N–H and O–H groups in total. The van der Waals surface area contributed by atoms with Gasteiger partial charge in [0.15, 0.2) is 5.13 Å². The van der Waals surface area contributed by atoms with Crippen LogP contribution in [0.1, 0.15) is 46.2 Å². The van der Waals surface area contributed by atoms with Crippen LogP contribution in [0.4, 0.5) is 5.13 Å². The van der Waals surface area contributed by atoms with E-state index in [4.69, 9.17) is 4.74 Å². The monoisotopic (exact) mass is 388 g/mol. The number of nitrogens with one attached hydrogen (secondary N) is 1. The zero-order valence-corrected chi connectivity index (χ0v) is 17.0. The molecule has 1 aliphatic heterocycles. The molecular weight excluding hydrogens is 360 g/mol. The predicted octanol–water partition coefficient (Wildman–Crippen LogP) is 2.03. The lowest BCUT2D eigenvalue weighted by molar-refractivity contribution is -0.117. The van der Waals surface area contributed by atoms with Gasteiger partial charge in [-0.1, -0.05) is 13.8 Å². The van der Waals surface area contributed by atoms with E-state index in [0.29, 0.717) is 36.9 Å². The molecule has 1 saturated heterocycles. The van der Waals surface area contributed by atoms with Crippen LogP contribution < -0.4 is 5.32 Å². The number of anilines is 1. The van der Waals surface area contributed by atoms with Crippen LogP contribution in [0.3, 0.4) is 0 Å². The van der Waals surface area contributed by atoms with Gasteiger partial charge in [0.25, 0.3) is 0 Å². The molecule has 0 radical (unpaired) electrons. The second-order valence-corrected chi connectivity index (χ2v) is 11.6. The van der Waals surface area contributed by atoms with Crippen molar-refractivity contribution in [3.63, 3.8) is 0 Å². The summed E-state index contributed by atoms with van der Waals surface area (Å²) in [7, 11) is -2.66. The van der Waals surface area contributed by atoms with Gasteiger partial charge in [0.05, 0.1) is 12.3 Å². The summed E-state index contributed by atoms with van der Waals surface area (Å²) in [6.07, 6.45) is 1.32. The molecule has 2 rings (SSSR count). The van der Waals surface area contributed by atoms with E-state index in [-0.39, 0.29) is 17.8 Å². The summed E-state index contributed by atoms with van der Waals surface area (Å²) in [5.41, 5.74) is 0.240. The smallest absolute Gasteiger partial charge is 0.243 e. The number of aliphatic hydroxyl groups excluding tert-OH is 1. The highest BCUT2D eigenvalue weighted by atomic mass is 32.2. The van der Waals surface area contributed by atoms with E-state index < -0.39 is 19.7 Å². The van der Waals surface area contributed by atoms with Gasteiger partial charge in [0, 0.05) is 29.3 Å². The molecule has 0 aliphatic carbocycles. The van der Waals surface area contributed by atoms with Crippen molar-refractivity contribution in [1.29, 1.82) is 0 Å². The van der Waals surface area contributed by atoms with Crippen molar-refractivity contribution in [3.05, 3.63) is 11.1 Å². The first-order valence-electron chi connectivity index (χ1n) is 8.34. The molecule has 1 amide bonds. The van der Waals surface area contributed by atoms with Crippen LogP contribution in [0, 0.1) is 0 Å². The molecule has 0 saturated carbocycles. The Balaban J connectivity index is 2.16. The van der Waals surface area contributed by atoms with Gasteiger partial charge >= 0.3 is 0 Å². The summed E-state index contributed by atoms with van der Waals surface area (Å²) >= 11 is 1.30. The SMILES string of the molecule is C=S(=O)(C1CCOCC1)C(C)(C)C(=O)Nc1nc(C(C)(C)CO)cs1. The number of hydrogen-bond donors (Lipinski definition) is 2. The molecule has 1 aromatic heterocycles. The van der Waals surface area contributed by atoms with Crippen molar-refractivity contribution < 1.29 is 18.8 Å². The molecule has 142 valence electrons. The average molecular weight is 389 g/mol. The van der Waals surface area contributed by atoms with E-state index in [9.17, 15) is 14.1 Å². The lowest BCUT2D eigenvalue weighted by Crippen LogP contribution is -2.49. The molecule has 1 fully saturated rings. The van der Waals surface area contributed by atoms with E-state index in [1.807, 2.05) is 19.2 Å². The molecular formula is C17H28N2O4S2. The highest BCUT2D eigenvalue weighted by Gasteiger charge is 2.42. The Morgan fingerprint density at radius 1 is 1.44 bits per heavy atom. The minimum absolute atomic E-state index is 0.0357. The van der Waals surface area contributed by atoms with E-state index >= 15 is 0 Å². The van der Waals surface area contributed by atoms with Crippen LogP contribution in [0.25, 0.3) is 0 Å². The fourth-order valence-corrected chi connectivity index (χ4v) is 5.65. The van der Waals surface area contributed by atoms with Crippen molar-refractivity contribution in [2.45, 2.75) is 55.9 Å². The van der Waals surface area contributed by atoms with E-state index in [1.54, 1.807) is 13.8 Å². The molecule has 2 heterocycles. The largest absolute Gasteiger partial charge is 0.395 e. The lowest BCUT2D eigenvalue weighted by Gasteiger charge is -2.35. The van der Waals surface area contributed by atoms with E-state index in [1.165, 1.54) is 11.3 Å². The van der Waals surface area contributed by atoms with Crippen LogP contribution in [-0.4, -0.2) is 55.9 Å². The Bertz CT molecular complexity index is 717. The second-order valence-electron chi connectivity index (χ2n) is 7.58. The fourth-order valence-electron chi connectivity index (χ4n) is 2.60. The summed E-state index contributed by atoms with van der Waals surface area (Å²) in [5, 5.41) is 14.4. The molecule has 8 heteroatoms. The van der Waals surface area contributed by atoms with Gasteiger partial charge in [-0.05, 0) is 42.1 Å². The van der Waals surface area contributed by atoms with E-state index in [2.05, 4.69) is 16.2 Å². The van der Waals surface area contributed by atoms with Crippen LogP contribution in [0.15, 0.2) is 5.38 Å². The maximum atomic E-state index is 13.3. The van der Waals surface area contributed by atoms with Crippen molar-refractivity contribution in [1.82, 2.24) is 4.98 Å². The van der Waals surface area contributed by atoms with Crippen LogP contribution in [-0.2, 0) is 24.5 Å². The van der Waals surface area contributed by atoms with Gasteiger partial charge in [0.1, 0.15) is 4.75 Å². The maximum Gasteiger partial charge on any atom is 0.243 e. The van der Waals surface area contributed by atoms with Crippen LogP contribution in [0.2, 0.25) is 0 Å². The summed E-state index contributed by atoms with van der Waals surface area (Å²) in [6, 6.07) is 0. The number of amides is 1. The van der Waals surface area contributed by atoms with Gasteiger partial charge in [-0.3, -0.25) is 9.00 Å². The molecule has 0 bridgehead atoms. The minimum Gasteiger partial charge on any atom is -0.395 e. The normalized spacial score (nSPS) is 19.4. The Labute approximate surface area is 154 Å². The molecule has 1 aromatic rings. The number of nitrogens with zero attached hydrogens (tertiary/aromatic N) is 1. The molecule has 0 spiro atoms. The molecule has 0 aromatic carbocycles. The number of carbonyl (C=O) groups excluding carboxylic acids is 1. The molecule has 1 aliphatic rings. The first kappa shape index (κ1) is 20.4. The molecule has 1 unspecified atom stereocenters. The Morgan fingerprint density at radius 2 is 2.04 bits per heavy atom. The minimum atomic E-state index is -2.66. The Hall–Kier alpha value is -0.960. The van der Waals surface area contributed by atoms with Gasteiger partial charge in [-0.15, -0.1) is 11.3 Å². The van der Waals surface area contributed by atoms with Crippen molar-refractivity contribution in [2.75, 3.05) is 25.1 Å². The topological polar surface area (TPSA) is 88.5 Å². The number of aromatic nitrogens is 1. The second kappa shape index (κ2) is 7.34. The summed E-state index contributed by atoms with van der Waals surface area (Å²) in [5.74, 6) is 3.60. The van der Waals surface area contributed by atoms with Gasteiger partial charge in [0.2, 0.25) is 5.91 Å². The highest BCUT2D eigenvalue weighted by molar-refractivity contribution is 8.02. The maximum absolute atomic E-state index is 13.3. The number of rotatable bonds is 6. The van der Waals surface area contributed by atoms with E-state index in [0.717, 1.165) is 0 Å². The van der Waals surface area contributed by atoms with Crippen molar-refractivity contribution in [3.8, 4) is 0 Å². The molecule has 1 atom stereocenters. The fraction of sp³-hybridized carbons (Fsp3) is 0.706. The van der Waals surface area contributed by atoms with Crippen molar-refractivity contribution >= 4 is 37.8 Å². The van der Waals surface area contributed by atoms with Gasteiger partial charge in [-0.2, -0.15) is 0 Å². The third-order valence-electron chi connectivity index (χ3n) is 4.93. The zero-order chi connectivity index (χ0) is 18.9. The van der Waals surface area contributed by atoms with Crippen LogP contribution >= 0.6 is 11.3 Å². The quantitative estimate of drug-likeness (QED) is 0.728. The first-order valence-corrected chi connectivity index (χ1v) is 11.0. The van der Waals surface area contributed by atoms with Crippen molar-refractivity contribution in [2.24, 2.45) is 0 Å². The summed E-state index contributed by atoms with van der Waals surface area (Å²) in [6.45, 7) is 8.20. The Morgan fingerprint density at radius 3 is 2.60 bits per heavy atom. The summed E-state index contributed by atoms with van der Waals surface area (Å²) < 4.78 is 17.5. The summed E-state index contributed by atoms with van der Waals surface area (Å²) in [4.78, 5) is 17.2. The third kappa shape index (κ3) is 4.07. The lowest BCUT2D eigenvalue weighted by atomic mass is 9.92. The predicted molar refractivity (Wildman–Crippen MR) is 104 cm³/mol. The molecule has 6 nitrogen and oxygen atoms in total. The van der Waals surface area contributed by atoms with Crippen LogP contribution in [0.5, 0.6) is 0 Å². The number of aliphatic hydroxyl groups is 1. The molecule has 25 heavy (non-hydrogen) atoms. The average Bonchev–Trinajstić information content (AvgIpc) is 3.04. The van der Waals surface area contributed by atoms with Gasteiger partial charge in [-0.25, -0.2) is 4.98 Å². The Kier molecular flexibility index (Phi) is 5.98. The number of carbonyl (C=O) groups is 1. The van der Waals surface area contributed by atoms with Gasteiger partial charge < -0.3 is 15.2 Å². The standard InChI is InChI=1S/C17H28N2O4S2/c1-16(2,11-20)13-10-24-15(18-13)19-14(21)17(3,4)25(5,22)12-6-8-23-9-7-12/h10,12,20H,5-9,11H2,1-4H3,(H,18,19,21). The third-order valence-corrected chi connectivity index (χ3v) is 9.15. The zero-order valence-electron chi connectivity index (χ0n) is 15.3. The number of thiazole rings is 1. The highest BCUT2D eigenvalue weighted by Crippen LogP contribution is 2.31. The number of hydrogen-bond acceptors (Lipinski definition) is 6. The first-order chi connectivity index (χ1) is 11.5. The number of ether oxygens (including phenoxy) is 1.